The van der Waals surface area contributed by atoms with Gasteiger partial charge in [-0.3, -0.25) is 4.79 Å². The lowest BCUT2D eigenvalue weighted by Gasteiger charge is -2.16. The van der Waals surface area contributed by atoms with E-state index in [2.05, 4.69) is 6.58 Å². The zero-order valence-corrected chi connectivity index (χ0v) is 7.17. The average molecular weight is 164 g/mol. The van der Waals surface area contributed by atoms with Gasteiger partial charge in [-0.2, -0.15) is 0 Å². The Hall–Kier alpha value is -1.05. The second-order valence-corrected chi connectivity index (χ2v) is 3.54. The van der Waals surface area contributed by atoms with Crippen molar-refractivity contribution in [3.63, 3.8) is 0 Å². The molecule has 12 heavy (non-hydrogen) atoms. The van der Waals surface area contributed by atoms with Gasteiger partial charge >= 0.3 is 5.97 Å². The smallest absolute Gasteiger partial charge is 0.313 e. The number of rotatable bonds is 1. The van der Waals surface area contributed by atoms with E-state index in [9.17, 15) is 4.79 Å². The second-order valence-electron chi connectivity index (χ2n) is 3.54. The van der Waals surface area contributed by atoms with Crippen LogP contribution >= 0.6 is 0 Å². The van der Waals surface area contributed by atoms with E-state index in [-0.39, 0.29) is 17.3 Å². The zero-order chi connectivity index (χ0) is 8.77. The first-order valence-corrected chi connectivity index (χ1v) is 4.16. The Morgan fingerprint density at radius 3 is 2.92 bits per heavy atom. The number of esters is 1. The number of ether oxygens (including phenoxy) is 1. The summed E-state index contributed by atoms with van der Waals surface area (Å²) in [4.78, 5) is 11.3. The van der Waals surface area contributed by atoms with Gasteiger partial charge in [-0.15, -0.1) is 0 Å². The molecule has 1 atom stereocenters. The molecule has 2 heteroatoms. The van der Waals surface area contributed by atoms with Crippen molar-refractivity contribution in [1.82, 2.24) is 0 Å². The first kappa shape index (κ1) is 7.59. The maximum atomic E-state index is 11.3. The number of carbonyl (C=O) groups excluding carboxylic acids is 1. The summed E-state index contributed by atoms with van der Waals surface area (Å²) in [7, 11) is 1.44. The molecular weight excluding hydrogens is 152 g/mol. The van der Waals surface area contributed by atoms with E-state index < -0.39 is 0 Å². The van der Waals surface area contributed by atoms with E-state index >= 15 is 0 Å². The number of hydrogen-bond donors (Lipinski definition) is 0. The summed E-state index contributed by atoms with van der Waals surface area (Å²) in [5.74, 6) is -0.183. The van der Waals surface area contributed by atoms with Crippen LogP contribution in [0.25, 0.3) is 0 Å². The minimum Gasteiger partial charge on any atom is -0.469 e. The van der Waals surface area contributed by atoms with Gasteiger partial charge in [0.1, 0.15) is 0 Å². The third kappa shape index (κ3) is 0.779. The van der Waals surface area contributed by atoms with Crippen molar-refractivity contribution < 1.29 is 9.53 Å². The summed E-state index contributed by atoms with van der Waals surface area (Å²) in [5.41, 5.74) is 1.16. The van der Waals surface area contributed by atoms with Crippen LogP contribution in [0.1, 0.15) is 12.8 Å². The van der Waals surface area contributed by atoms with Crippen molar-refractivity contribution in [2.45, 2.75) is 12.8 Å². The highest BCUT2D eigenvalue weighted by atomic mass is 16.5. The molecule has 0 bridgehead atoms. The van der Waals surface area contributed by atoms with E-state index in [0.29, 0.717) is 0 Å². The average Bonchev–Trinajstić information content (AvgIpc) is 2.78. The Morgan fingerprint density at radius 2 is 2.42 bits per heavy atom. The van der Waals surface area contributed by atoms with Gasteiger partial charge in [0.05, 0.1) is 13.0 Å². The maximum Gasteiger partial charge on any atom is 0.313 e. The number of carbonyl (C=O) groups is 1. The molecule has 1 spiro atoms. The number of methoxy groups -OCH3 is 1. The molecule has 0 amide bonds. The van der Waals surface area contributed by atoms with E-state index in [1.165, 1.54) is 7.11 Å². The van der Waals surface area contributed by atoms with Crippen molar-refractivity contribution in [2.24, 2.45) is 11.3 Å². The normalized spacial score (nSPS) is 29.4. The molecule has 0 N–H and O–H groups in total. The van der Waals surface area contributed by atoms with Crippen molar-refractivity contribution >= 4 is 5.97 Å². The molecule has 2 rings (SSSR count). The van der Waals surface area contributed by atoms with Crippen molar-refractivity contribution in [1.29, 1.82) is 0 Å². The minimum absolute atomic E-state index is 0.0602. The predicted octanol–water partition coefficient (Wildman–Crippen LogP) is 1.68. The van der Waals surface area contributed by atoms with Crippen molar-refractivity contribution in [3.05, 3.63) is 24.3 Å². The number of allylic oxidation sites excluding steroid dienone is 2. The molecule has 0 aliphatic heterocycles. The Morgan fingerprint density at radius 1 is 1.75 bits per heavy atom. The SMILES string of the molecule is C=C1C=CC(C(=O)OC)C12CC2. The molecule has 1 saturated carbocycles. The fourth-order valence-corrected chi connectivity index (χ4v) is 1.96. The highest BCUT2D eigenvalue weighted by Crippen LogP contribution is 2.61. The molecule has 1 unspecified atom stereocenters. The van der Waals surface area contributed by atoms with E-state index in [0.717, 1.165) is 18.4 Å². The fraction of sp³-hybridized carbons (Fsp3) is 0.500. The monoisotopic (exact) mass is 164 g/mol. The Bertz CT molecular complexity index is 272. The highest BCUT2D eigenvalue weighted by molar-refractivity contribution is 5.78. The third-order valence-electron chi connectivity index (χ3n) is 2.97. The maximum absolute atomic E-state index is 11.3. The van der Waals surface area contributed by atoms with Crippen LogP contribution in [0.4, 0.5) is 0 Å². The molecule has 64 valence electrons. The van der Waals surface area contributed by atoms with Crippen LogP contribution in [0.2, 0.25) is 0 Å². The second kappa shape index (κ2) is 2.22. The summed E-state index contributed by atoms with van der Waals surface area (Å²) < 4.78 is 4.73. The lowest BCUT2D eigenvalue weighted by Crippen LogP contribution is -2.21. The van der Waals surface area contributed by atoms with Gasteiger partial charge in [-0.05, 0) is 18.4 Å². The van der Waals surface area contributed by atoms with E-state index in [1.54, 1.807) is 0 Å². The molecule has 2 nitrogen and oxygen atoms in total. The number of hydrogen-bond acceptors (Lipinski definition) is 2. The standard InChI is InChI=1S/C10H12O2/c1-7-3-4-8(9(11)12-2)10(7)5-6-10/h3-4,8H,1,5-6H2,2H3. The largest absolute Gasteiger partial charge is 0.469 e. The topological polar surface area (TPSA) is 26.3 Å². The molecule has 0 aromatic heterocycles. The molecular formula is C10H12O2. The summed E-state index contributed by atoms with van der Waals surface area (Å²) >= 11 is 0. The van der Waals surface area contributed by atoms with Gasteiger partial charge in [0, 0.05) is 5.41 Å². The molecule has 0 heterocycles. The summed E-state index contributed by atoms with van der Waals surface area (Å²) in [5, 5.41) is 0. The summed E-state index contributed by atoms with van der Waals surface area (Å²) in [6, 6.07) is 0. The summed E-state index contributed by atoms with van der Waals surface area (Å²) in [6.45, 7) is 3.94. The van der Waals surface area contributed by atoms with Gasteiger partial charge in [0.25, 0.3) is 0 Å². The van der Waals surface area contributed by atoms with Crippen LogP contribution in [-0.4, -0.2) is 13.1 Å². The highest BCUT2D eigenvalue weighted by Gasteiger charge is 2.55. The van der Waals surface area contributed by atoms with Gasteiger partial charge in [0.2, 0.25) is 0 Å². The van der Waals surface area contributed by atoms with Crippen LogP contribution in [-0.2, 0) is 9.53 Å². The Kier molecular flexibility index (Phi) is 1.40. The molecule has 0 radical (unpaired) electrons. The summed E-state index contributed by atoms with van der Waals surface area (Å²) in [6.07, 6.45) is 6.03. The molecule has 0 aromatic carbocycles. The lowest BCUT2D eigenvalue weighted by atomic mass is 9.89. The van der Waals surface area contributed by atoms with Crippen LogP contribution in [0.5, 0.6) is 0 Å². The predicted molar refractivity (Wildman–Crippen MR) is 45.5 cm³/mol. The third-order valence-corrected chi connectivity index (χ3v) is 2.97. The van der Waals surface area contributed by atoms with Crippen LogP contribution in [0, 0.1) is 11.3 Å². The molecule has 0 aromatic rings. The Balaban J connectivity index is 2.23. The van der Waals surface area contributed by atoms with Crippen molar-refractivity contribution in [2.75, 3.05) is 7.11 Å². The minimum atomic E-state index is -0.123. The van der Waals surface area contributed by atoms with Gasteiger partial charge < -0.3 is 4.74 Å². The van der Waals surface area contributed by atoms with E-state index in [4.69, 9.17) is 4.74 Å². The van der Waals surface area contributed by atoms with Gasteiger partial charge in [0.15, 0.2) is 0 Å². The molecule has 0 saturated heterocycles. The van der Waals surface area contributed by atoms with E-state index in [1.807, 2.05) is 12.2 Å². The first-order valence-electron chi connectivity index (χ1n) is 4.16. The van der Waals surface area contributed by atoms with Crippen LogP contribution < -0.4 is 0 Å². The first-order chi connectivity index (χ1) is 5.70. The quantitative estimate of drug-likeness (QED) is 0.551. The molecule has 1 fully saturated rings. The van der Waals surface area contributed by atoms with Gasteiger partial charge in [-0.1, -0.05) is 18.7 Å². The lowest BCUT2D eigenvalue weighted by molar-refractivity contribution is -0.145. The van der Waals surface area contributed by atoms with Crippen LogP contribution in [0.15, 0.2) is 24.3 Å². The van der Waals surface area contributed by atoms with Crippen LogP contribution in [0.3, 0.4) is 0 Å². The molecule has 2 aliphatic rings. The van der Waals surface area contributed by atoms with Crippen molar-refractivity contribution in [3.8, 4) is 0 Å². The fourth-order valence-electron chi connectivity index (χ4n) is 1.96. The van der Waals surface area contributed by atoms with Gasteiger partial charge in [-0.25, -0.2) is 0 Å². The Labute approximate surface area is 71.9 Å². The zero-order valence-electron chi connectivity index (χ0n) is 7.17. The molecule has 2 aliphatic carbocycles.